The van der Waals surface area contributed by atoms with E-state index in [4.69, 9.17) is 5.73 Å². The van der Waals surface area contributed by atoms with Crippen LogP contribution in [0.5, 0.6) is 0 Å². The Morgan fingerprint density at radius 1 is 1.33 bits per heavy atom. The van der Waals surface area contributed by atoms with Gasteiger partial charge >= 0.3 is 0 Å². The van der Waals surface area contributed by atoms with Crippen LogP contribution in [0.4, 0.5) is 5.82 Å². The van der Waals surface area contributed by atoms with Crippen molar-refractivity contribution in [1.29, 1.82) is 0 Å². The molecule has 0 saturated carbocycles. The standard InChI is InChI=1S/C15H18N4O2/c1-10-3-2-4-11-12(10)17-9-18-13(11)19-7-5-15(21,6-8-19)14(16)20/h2-4,9,21H,5-8H2,1H3,(H2,16,20). The Labute approximate surface area is 122 Å². The number of hydrogen-bond acceptors (Lipinski definition) is 5. The topological polar surface area (TPSA) is 92.3 Å². The van der Waals surface area contributed by atoms with Gasteiger partial charge in [0, 0.05) is 31.3 Å². The third-order valence-corrected chi connectivity index (χ3v) is 4.19. The Morgan fingerprint density at radius 3 is 2.71 bits per heavy atom. The van der Waals surface area contributed by atoms with Crippen LogP contribution in [0.2, 0.25) is 0 Å². The van der Waals surface area contributed by atoms with Crippen molar-refractivity contribution in [2.75, 3.05) is 18.0 Å². The summed E-state index contributed by atoms with van der Waals surface area (Å²) in [6.07, 6.45) is 2.19. The quantitative estimate of drug-likeness (QED) is 0.850. The highest BCUT2D eigenvalue weighted by atomic mass is 16.3. The van der Waals surface area contributed by atoms with Crippen LogP contribution >= 0.6 is 0 Å². The van der Waals surface area contributed by atoms with Gasteiger partial charge in [-0.15, -0.1) is 0 Å². The number of primary amides is 1. The molecule has 1 fully saturated rings. The van der Waals surface area contributed by atoms with Gasteiger partial charge in [-0.2, -0.15) is 0 Å². The Balaban J connectivity index is 1.93. The van der Waals surface area contributed by atoms with E-state index in [1.54, 1.807) is 6.33 Å². The summed E-state index contributed by atoms with van der Waals surface area (Å²) in [5, 5.41) is 11.1. The third kappa shape index (κ3) is 2.31. The van der Waals surface area contributed by atoms with Crippen LogP contribution in [0.15, 0.2) is 24.5 Å². The molecule has 6 heteroatoms. The molecule has 1 aromatic heterocycles. The molecule has 1 aliphatic heterocycles. The van der Waals surface area contributed by atoms with Gasteiger partial charge in [-0.3, -0.25) is 4.79 Å². The molecular weight excluding hydrogens is 268 g/mol. The lowest BCUT2D eigenvalue weighted by atomic mass is 9.90. The van der Waals surface area contributed by atoms with Crippen LogP contribution in [-0.2, 0) is 4.79 Å². The number of aromatic nitrogens is 2. The van der Waals surface area contributed by atoms with Gasteiger partial charge in [0.25, 0.3) is 0 Å². The third-order valence-electron chi connectivity index (χ3n) is 4.19. The first kappa shape index (κ1) is 13.8. The van der Waals surface area contributed by atoms with E-state index in [-0.39, 0.29) is 0 Å². The van der Waals surface area contributed by atoms with Crippen LogP contribution in [0.25, 0.3) is 10.9 Å². The number of hydrogen-bond donors (Lipinski definition) is 2. The van der Waals surface area contributed by atoms with Crippen molar-refractivity contribution in [3.05, 3.63) is 30.1 Å². The van der Waals surface area contributed by atoms with Crippen LogP contribution in [0.1, 0.15) is 18.4 Å². The van der Waals surface area contributed by atoms with E-state index in [1.165, 1.54) is 0 Å². The number of amides is 1. The van der Waals surface area contributed by atoms with Gasteiger partial charge < -0.3 is 15.7 Å². The molecule has 1 saturated heterocycles. The van der Waals surface area contributed by atoms with Crippen molar-refractivity contribution < 1.29 is 9.90 Å². The molecule has 1 aromatic carbocycles. The summed E-state index contributed by atoms with van der Waals surface area (Å²) in [4.78, 5) is 22.1. The number of carbonyl (C=O) groups is 1. The highest BCUT2D eigenvalue weighted by molar-refractivity contribution is 5.91. The lowest BCUT2D eigenvalue weighted by molar-refractivity contribution is -0.138. The van der Waals surface area contributed by atoms with E-state index < -0.39 is 11.5 Å². The SMILES string of the molecule is Cc1cccc2c(N3CCC(O)(C(N)=O)CC3)ncnc12. The summed E-state index contributed by atoms with van der Waals surface area (Å²) in [5.41, 5.74) is 5.90. The zero-order valence-electron chi connectivity index (χ0n) is 11.9. The first-order valence-corrected chi connectivity index (χ1v) is 6.99. The number of nitrogens with two attached hydrogens (primary N) is 1. The molecule has 21 heavy (non-hydrogen) atoms. The summed E-state index contributed by atoms with van der Waals surface area (Å²) in [7, 11) is 0. The molecule has 0 aliphatic carbocycles. The molecule has 3 rings (SSSR count). The summed E-state index contributed by atoms with van der Waals surface area (Å²) < 4.78 is 0. The Kier molecular flexibility index (Phi) is 3.25. The maximum atomic E-state index is 11.3. The number of rotatable bonds is 2. The number of fused-ring (bicyclic) bond motifs is 1. The zero-order chi connectivity index (χ0) is 15.0. The summed E-state index contributed by atoms with van der Waals surface area (Å²) in [5.74, 6) is 0.195. The fourth-order valence-corrected chi connectivity index (χ4v) is 2.81. The summed E-state index contributed by atoms with van der Waals surface area (Å²) >= 11 is 0. The first-order valence-electron chi connectivity index (χ1n) is 6.99. The second kappa shape index (κ2) is 4.96. The van der Waals surface area contributed by atoms with Gasteiger partial charge in [-0.25, -0.2) is 9.97 Å². The normalized spacial score (nSPS) is 17.9. The maximum absolute atomic E-state index is 11.3. The minimum absolute atomic E-state index is 0.319. The molecule has 6 nitrogen and oxygen atoms in total. The number of aryl methyl sites for hydroxylation is 1. The molecule has 0 atom stereocenters. The molecule has 1 aliphatic rings. The Morgan fingerprint density at radius 2 is 2.05 bits per heavy atom. The number of para-hydroxylation sites is 1. The van der Waals surface area contributed by atoms with Crippen molar-refractivity contribution >= 4 is 22.6 Å². The van der Waals surface area contributed by atoms with Gasteiger partial charge in [0.05, 0.1) is 5.52 Å². The van der Waals surface area contributed by atoms with E-state index >= 15 is 0 Å². The lowest BCUT2D eigenvalue weighted by Crippen LogP contribution is -2.52. The largest absolute Gasteiger partial charge is 0.380 e. The van der Waals surface area contributed by atoms with Crippen molar-refractivity contribution in [2.45, 2.75) is 25.4 Å². The minimum Gasteiger partial charge on any atom is -0.380 e. The average Bonchev–Trinajstić information content (AvgIpc) is 2.48. The molecule has 2 heterocycles. The predicted octanol–water partition coefficient (Wildman–Crippen LogP) is 0.755. The number of anilines is 1. The second-order valence-electron chi connectivity index (χ2n) is 5.55. The number of carbonyl (C=O) groups excluding carboxylic acids is 1. The average molecular weight is 286 g/mol. The van der Waals surface area contributed by atoms with Crippen molar-refractivity contribution in [1.82, 2.24) is 9.97 Å². The van der Waals surface area contributed by atoms with Gasteiger partial charge in [-0.05, 0) is 18.6 Å². The molecule has 0 spiro atoms. The van der Waals surface area contributed by atoms with Gasteiger partial charge in [0.2, 0.25) is 5.91 Å². The van der Waals surface area contributed by atoms with Crippen molar-refractivity contribution in [2.24, 2.45) is 5.73 Å². The van der Waals surface area contributed by atoms with E-state index in [1.807, 2.05) is 25.1 Å². The predicted molar refractivity (Wildman–Crippen MR) is 79.9 cm³/mol. The van der Waals surface area contributed by atoms with Crippen molar-refractivity contribution in [3.8, 4) is 0 Å². The molecule has 3 N–H and O–H groups in total. The van der Waals surface area contributed by atoms with Crippen molar-refractivity contribution in [3.63, 3.8) is 0 Å². The molecule has 110 valence electrons. The molecular formula is C15H18N4O2. The van der Waals surface area contributed by atoms with Crippen LogP contribution in [0, 0.1) is 6.92 Å². The summed E-state index contributed by atoms with van der Waals surface area (Å²) in [6.45, 7) is 3.10. The van der Waals surface area contributed by atoms with Gasteiger partial charge in [0.1, 0.15) is 17.7 Å². The Bertz CT molecular complexity index is 693. The highest BCUT2D eigenvalue weighted by Crippen LogP contribution is 2.29. The number of nitrogens with zero attached hydrogens (tertiary/aromatic N) is 3. The zero-order valence-corrected chi connectivity index (χ0v) is 11.9. The number of aliphatic hydroxyl groups is 1. The van der Waals surface area contributed by atoms with Crippen LogP contribution in [-0.4, -0.2) is 39.7 Å². The molecule has 0 radical (unpaired) electrons. The van der Waals surface area contributed by atoms with Crippen LogP contribution < -0.4 is 10.6 Å². The fourth-order valence-electron chi connectivity index (χ4n) is 2.81. The molecule has 1 amide bonds. The smallest absolute Gasteiger partial charge is 0.249 e. The minimum atomic E-state index is -1.39. The second-order valence-corrected chi connectivity index (χ2v) is 5.55. The Hall–Kier alpha value is -2.21. The van der Waals surface area contributed by atoms with Crippen LogP contribution in [0.3, 0.4) is 0 Å². The molecule has 0 bridgehead atoms. The van der Waals surface area contributed by atoms with E-state index in [0.29, 0.717) is 25.9 Å². The molecule has 2 aromatic rings. The first-order chi connectivity index (χ1) is 10.0. The highest BCUT2D eigenvalue weighted by Gasteiger charge is 2.38. The summed E-state index contributed by atoms with van der Waals surface area (Å²) in [6, 6.07) is 5.99. The van der Waals surface area contributed by atoms with E-state index in [0.717, 1.165) is 22.3 Å². The monoisotopic (exact) mass is 286 g/mol. The number of piperidine rings is 1. The lowest BCUT2D eigenvalue weighted by Gasteiger charge is -2.36. The molecule has 0 unspecified atom stereocenters. The number of benzene rings is 1. The van der Waals surface area contributed by atoms with Gasteiger partial charge in [0.15, 0.2) is 0 Å². The van der Waals surface area contributed by atoms with Gasteiger partial charge in [-0.1, -0.05) is 12.1 Å². The van der Waals surface area contributed by atoms with E-state index in [2.05, 4.69) is 14.9 Å². The van der Waals surface area contributed by atoms with E-state index in [9.17, 15) is 9.90 Å². The fraction of sp³-hybridized carbons (Fsp3) is 0.400. The maximum Gasteiger partial charge on any atom is 0.249 e.